The third-order valence-corrected chi connectivity index (χ3v) is 3.37. The van der Waals surface area contributed by atoms with Gasteiger partial charge in [0.25, 0.3) is 0 Å². The fourth-order valence-corrected chi connectivity index (χ4v) is 2.22. The SMILES string of the molecule is CCCn1cc([N+](=O)[O-])c(=O)n(Cc2nnsc2N)c1=O. The van der Waals surface area contributed by atoms with E-state index in [9.17, 15) is 19.7 Å². The maximum absolute atomic E-state index is 12.2. The molecule has 0 radical (unpaired) electrons. The van der Waals surface area contributed by atoms with E-state index in [-0.39, 0.29) is 23.8 Å². The van der Waals surface area contributed by atoms with E-state index in [1.165, 1.54) is 0 Å². The van der Waals surface area contributed by atoms with E-state index in [0.717, 1.165) is 26.9 Å². The second kappa shape index (κ2) is 5.83. The number of anilines is 1. The molecule has 0 spiro atoms. The molecule has 112 valence electrons. The van der Waals surface area contributed by atoms with E-state index in [4.69, 9.17) is 5.73 Å². The van der Waals surface area contributed by atoms with Crippen LogP contribution in [0.5, 0.6) is 0 Å². The number of aromatic nitrogens is 4. The number of hydrogen-bond acceptors (Lipinski definition) is 8. The van der Waals surface area contributed by atoms with E-state index in [2.05, 4.69) is 9.59 Å². The van der Waals surface area contributed by atoms with Gasteiger partial charge in [0.2, 0.25) is 0 Å². The zero-order valence-electron chi connectivity index (χ0n) is 11.1. The topological polar surface area (TPSA) is 139 Å². The van der Waals surface area contributed by atoms with Crippen LogP contribution in [0.1, 0.15) is 19.0 Å². The Labute approximate surface area is 121 Å². The summed E-state index contributed by atoms with van der Waals surface area (Å²) in [5.74, 6) is 0. The molecule has 0 aliphatic rings. The molecule has 0 aliphatic carbocycles. The Balaban J connectivity index is 2.63. The lowest BCUT2D eigenvalue weighted by atomic mass is 10.4. The lowest BCUT2D eigenvalue weighted by Crippen LogP contribution is -2.40. The molecule has 0 atom stereocenters. The molecule has 0 aromatic carbocycles. The van der Waals surface area contributed by atoms with Crippen LogP contribution in [0.3, 0.4) is 0 Å². The Morgan fingerprint density at radius 2 is 2.19 bits per heavy atom. The number of rotatable bonds is 5. The monoisotopic (exact) mass is 312 g/mol. The molecule has 0 fully saturated rings. The Hall–Kier alpha value is -2.56. The van der Waals surface area contributed by atoms with Crippen LogP contribution in [-0.4, -0.2) is 23.6 Å². The molecule has 0 unspecified atom stereocenters. The smallest absolute Gasteiger partial charge is 0.350 e. The van der Waals surface area contributed by atoms with Crippen molar-refractivity contribution >= 4 is 22.2 Å². The van der Waals surface area contributed by atoms with Crippen LogP contribution in [-0.2, 0) is 13.1 Å². The first-order valence-electron chi connectivity index (χ1n) is 6.01. The van der Waals surface area contributed by atoms with Crippen LogP contribution in [0.15, 0.2) is 15.8 Å². The molecule has 2 rings (SSSR count). The Morgan fingerprint density at radius 1 is 1.48 bits per heavy atom. The highest BCUT2D eigenvalue weighted by Gasteiger charge is 2.21. The summed E-state index contributed by atoms with van der Waals surface area (Å²) >= 11 is 0.919. The summed E-state index contributed by atoms with van der Waals surface area (Å²) in [5, 5.41) is 14.9. The maximum atomic E-state index is 12.2. The maximum Gasteiger partial charge on any atom is 0.350 e. The van der Waals surface area contributed by atoms with E-state index in [0.29, 0.717) is 6.42 Å². The summed E-state index contributed by atoms with van der Waals surface area (Å²) in [6.45, 7) is 1.84. The van der Waals surface area contributed by atoms with Crippen LogP contribution < -0.4 is 17.0 Å². The van der Waals surface area contributed by atoms with E-state index < -0.39 is 21.9 Å². The van der Waals surface area contributed by atoms with Gasteiger partial charge in [-0.15, -0.1) is 5.10 Å². The van der Waals surface area contributed by atoms with Gasteiger partial charge in [0, 0.05) is 18.1 Å². The van der Waals surface area contributed by atoms with Crippen molar-refractivity contribution in [3.63, 3.8) is 0 Å². The van der Waals surface area contributed by atoms with E-state index in [1.807, 2.05) is 6.92 Å². The van der Waals surface area contributed by atoms with Crippen molar-refractivity contribution in [2.24, 2.45) is 0 Å². The molecule has 0 bridgehead atoms. The average Bonchev–Trinajstić information content (AvgIpc) is 2.83. The van der Waals surface area contributed by atoms with E-state index >= 15 is 0 Å². The molecule has 0 amide bonds. The molecule has 21 heavy (non-hydrogen) atoms. The van der Waals surface area contributed by atoms with Gasteiger partial charge in [0.05, 0.1) is 17.7 Å². The van der Waals surface area contributed by atoms with Crippen molar-refractivity contribution in [2.75, 3.05) is 5.73 Å². The first-order valence-corrected chi connectivity index (χ1v) is 6.78. The van der Waals surface area contributed by atoms with Crippen LogP contribution >= 0.6 is 11.5 Å². The van der Waals surface area contributed by atoms with Crippen molar-refractivity contribution in [3.8, 4) is 0 Å². The zero-order valence-corrected chi connectivity index (χ0v) is 11.9. The van der Waals surface area contributed by atoms with Gasteiger partial charge < -0.3 is 5.73 Å². The standard InChI is InChI=1S/C10H12N6O4S/c1-2-3-14-5-7(16(19)20)9(17)15(10(14)18)4-6-8(11)21-13-12-6/h5H,2-4,11H2,1H3. The second-order valence-electron chi connectivity index (χ2n) is 4.22. The van der Waals surface area contributed by atoms with Gasteiger partial charge in [-0.05, 0) is 6.42 Å². The van der Waals surface area contributed by atoms with Crippen molar-refractivity contribution in [1.29, 1.82) is 0 Å². The molecule has 10 nitrogen and oxygen atoms in total. The number of nitrogens with two attached hydrogens (primary N) is 1. The number of aryl methyl sites for hydroxylation is 1. The summed E-state index contributed by atoms with van der Waals surface area (Å²) in [4.78, 5) is 34.4. The molecule has 11 heteroatoms. The van der Waals surface area contributed by atoms with Crippen molar-refractivity contribution in [3.05, 3.63) is 42.8 Å². The number of hydrogen-bond donors (Lipinski definition) is 1. The molecule has 0 saturated heterocycles. The summed E-state index contributed by atoms with van der Waals surface area (Å²) in [6.07, 6.45) is 1.56. The zero-order chi connectivity index (χ0) is 15.6. The lowest BCUT2D eigenvalue weighted by Gasteiger charge is -2.08. The molecular formula is C10H12N6O4S. The quantitative estimate of drug-likeness (QED) is 0.596. The van der Waals surface area contributed by atoms with Gasteiger partial charge >= 0.3 is 16.9 Å². The highest BCUT2D eigenvalue weighted by molar-refractivity contribution is 7.09. The molecule has 0 aliphatic heterocycles. The third kappa shape index (κ3) is 2.81. The minimum absolute atomic E-state index is 0.239. The van der Waals surface area contributed by atoms with Crippen LogP contribution in [0.2, 0.25) is 0 Å². The predicted octanol–water partition coefficient (Wildman–Crippen LogP) is -0.190. The fraction of sp³-hybridized carbons (Fsp3) is 0.400. The predicted molar refractivity (Wildman–Crippen MR) is 75.3 cm³/mol. The van der Waals surface area contributed by atoms with Gasteiger partial charge in [0.1, 0.15) is 10.7 Å². The first kappa shape index (κ1) is 14.8. The molecule has 0 saturated carbocycles. The molecule has 2 N–H and O–H groups in total. The van der Waals surface area contributed by atoms with E-state index in [1.54, 1.807) is 0 Å². The molecule has 2 heterocycles. The molecule has 2 aromatic heterocycles. The Bertz CT molecular complexity index is 792. The number of nitrogen functional groups attached to an aromatic ring is 1. The minimum Gasteiger partial charge on any atom is -0.388 e. The minimum atomic E-state index is -0.982. The van der Waals surface area contributed by atoms with Crippen molar-refractivity contribution < 1.29 is 4.92 Å². The summed E-state index contributed by atoms with van der Waals surface area (Å²) in [6, 6.07) is 0. The molecular weight excluding hydrogens is 300 g/mol. The van der Waals surface area contributed by atoms with Crippen molar-refractivity contribution in [2.45, 2.75) is 26.4 Å². The van der Waals surface area contributed by atoms with Gasteiger partial charge in [-0.2, -0.15) is 0 Å². The third-order valence-electron chi connectivity index (χ3n) is 2.77. The van der Waals surface area contributed by atoms with Gasteiger partial charge in [-0.25, -0.2) is 9.36 Å². The average molecular weight is 312 g/mol. The summed E-state index contributed by atoms with van der Waals surface area (Å²) in [7, 11) is 0. The Morgan fingerprint density at radius 3 is 2.71 bits per heavy atom. The van der Waals surface area contributed by atoms with Crippen molar-refractivity contribution in [1.82, 2.24) is 18.7 Å². The number of nitrogens with zero attached hydrogens (tertiary/aromatic N) is 5. The number of nitro groups is 1. The normalized spacial score (nSPS) is 10.7. The summed E-state index contributed by atoms with van der Waals surface area (Å²) < 4.78 is 5.49. The fourth-order valence-electron chi connectivity index (χ4n) is 1.78. The van der Waals surface area contributed by atoms with Crippen LogP contribution in [0.4, 0.5) is 10.7 Å². The first-order chi connectivity index (χ1) is 9.95. The van der Waals surface area contributed by atoms with Crippen LogP contribution in [0, 0.1) is 10.1 Å². The van der Waals surface area contributed by atoms with Gasteiger partial charge in [-0.3, -0.25) is 19.5 Å². The second-order valence-corrected chi connectivity index (χ2v) is 5.01. The highest BCUT2D eigenvalue weighted by Crippen LogP contribution is 2.12. The van der Waals surface area contributed by atoms with Crippen LogP contribution in [0.25, 0.3) is 0 Å². The van der Waals surface area contributed by atoms with Gasteiger partial charge in [-0.1, -0.05) is 11.4 Å². The Kier molecular flexibility index (Phi) is 4.12. The largest absolute Gasteiger partial charge is 0.388 e. The highest BCUT2D eigenvalue weighted by atomic mass is 32.1. The molecule has 2 aromatic rings. The lowest BCUT2D eigenvalue weighted by molar-refractivity contribution is -0.387. The summed E-state index contributed by atoms with van der Waals surface area (Å²) in [5.41, 5.74) is 3.57. The van der Waals surface area contributed by atoms with Gasteiger partial charge in [0.15, 0.2) is 0 Å².